The molecule has 0 spiro atoms. The van der Waals surface area contributed by atoms with Crippen molar-refractivity contribution in [1.82, 2.24) is 19.7 Å². The normalized spacial score (nSPS) is 14.9. The molecule has 0 unspecified atom stereocenters. The van der Waals surface area contributed by atoms with Crippen molar-refractivity contribution >= 4 is 29.0 Å². The summed E-state index contributed by atoms with van der Waals surface area (Å²) in [4.78, 5) is 15.1. The van der Waals surface area contributed by atoms with E-state index < -0.39 is 0 Å². The number of hydrogen-bond donors (Lipinski definition) is 2. The molecular formula is C25H32N6OS. The summed E-state index contributed by atoms with van der Waals surface area (Å²) in [7, 11) is 2.16. The highest BCUT2D eigenvalue weighted by molar-refractivity contribution is 7.99. The molecule has 33 heavy (non-hydrogen) atoms. The van der Waals surface area contributed by atoms with Crippen LogP contribution in [0.3, 0.4) is 0 Å². The van der Waals surface area contributed by atoms with Crippen LogP contribution < -0.4 is 10.6 Å². The number of aryl methyl sites for hydroxylation is 1. The van der Waals surface area contributed by atoms with Crippen molar-refractivity contribution in [3.63, 3.8) is 0 Å². The predicted molar refractivity (Wildman–Crippen MR) is 136 cm³/mol. The minimum absolute atomic E-state index is 0.0549. The molecule has 3 aromatic rings. The Morgan fingerprint density at radius 3 is 2.48 bits per heavy atom. The van der Waals surface area contributed by atoms with Crippen LogP contribution in [0.5, 0.6) is 0 Å². The lowest BCUT2D eigenvalue weighted by atomic mass is 10.0. The molecule has 2 N–H and O–H groups in total. The van der Waals surface area contributed by atoms with Crippen LogP contribution in [0.1, 0.15) is 25.3 Å². The second-order valence-corrected chi connectivity index (χ2v) is 9.41. The summed E-state index contributed by atoms with van der Waals surface area (Å²) in [5, 5.41) is 16.2. The molecule has 2 heterocycles. The van der Waals surface area contributed by atoms with Gasteiger partial charge in [-0.3, -0.25) is 4.79 Å². The second-order valence-electron chi connectivity index (χ2n) is 8.47. The van der Waals surface area contributed by atoms with E-state index in [2.05, 4.69) is 63.3 Å². The highest BCUT2D eigenvalue weighted by Gasteiger charge is 2.19. The van der Waals surface area contributed by atoms with Gasteiger partial charge in [0, 0.05) is 18.2 Å². The maximum absolute atomic E-state index is 12.8. The van der Waals surface area contributed by atoms with E-state index >= 15 is 0 Å². The molecule has 1 aromatic heterocycles. The van der Waals surface area contributed by atoms with Crippen molar-refractivity contribution in [3.8, 4) is 11.4 Å². The van der Waals surface area contributed by atoms with Crippen LogP contribution in [-0.4, -0.2) is 57.5 Å². The van der Waals surface area contributed by atoms with Crippen LogP contribution in [0, 0.1) is 6.92 Å². The van der Waals surface area contributed by atoms with Crippen LogP contribution in [0.4, 0.5) is 11.4 Å². The van der Waals surface area contributed by atoms with Gasteiger partial charge in [0.15, 0.2) is 11.0 Å². The Morgan fingerprint density at radius 1 is 1.06 bits per heavy atom. The van der Waals surface area contributed by atoms with E-state index in [9.17, 15) is 4.79 Å². The molecule has 0 bridgehead atoms. The van der Waals surface area contributed by atoms with Crippen molar-refractivity contribution in [2.75, 3.05) is 36.5 Å². The zero-order chi connectivity index (χ0) is 23.2. The molecule has 1 aliphatic heterocycles. The maximum Gasteiger partial charge on any atom is 0.234 e. The number of nitrogens with zero attached hydrogens (tertiary/aromatic N) is 4. The fourth-order valence-corrected chi connectivity index (χ4v) is 4.91. The molecule has 8 heteroatoms. The Hall–Kier alpha value is -2.84. The smallest absolute Gasteiger partial charge is 0.234 e. The zero-order valence-corrected chi connectivity index (χ0v) is 20.4. The van der Waals surface area contributed by atoms with Gasteiger partial charge in [0.2, 0.25) is 5.91 Å². The largest absolute Gasteiger partial charge is 0.381 e. The average molecular weight is 465 g/mol. The third kappa shape index (κ3) is 5.75. The summed E-state index contributed by atoms with van der Waals surface area (Å²) in [6.07, 6.45) is 2.20. The molecule has 1 aliphatic rings. The molecule has 7 nitrogen and oxygen atoms in total. The van der Waals surface area contributed by atoms with Crippen LogP contribution in [0.2, 0.25) is 0 Å². The van der Waals surface area contributed by atoms with Crippen molar-refractivity contribution in [2.45, 2.75) is 44.4 Å². The van der Waals surface area contributed by atoms with Gasteiger partial charge in [-0.05, 0) is 64.5 Å². The number of para-hydroxylation sites is 2. The molecular weight excluding hydrogens is 432 g/mol. The molecule has 0 radical (unpaired) electrons. The molecule has 1 amide bonds. The fourth-order valence-electron chi connectivity index (χ4n) is 4.11. The lowest BCUT2D eigenvalue weighted by Gasteiger charge is -2.30. The van der Waals surface area contributed by atoms with Gasteiger partial charge in [-0.2, -0.15) is 0 Å². The van der Waals surface area contributed by atoms with Gasteiger partial charge in [0.1, 0.15) is 0 Å². The Labute approximate surface area is 200 Å². The summed E-state index contributed by atoms with van der Waals surface area (Å²) in [6, 6.07) is 16.5. The van der Waals surface area contributed by atoms with Crippen molar-refractivity contribution in [1.29, 1.82) is 0 Å². The van der Waals surface area contributed by atoms with E-state index in [4.69, 9.17) is 0 Å². The third-order valence-electron chi connectivity index (χ3n) is 6.03. The number of hydrogen-bond acceptors (Lipinski definition) is 6. The SMILES string of the molecule is CCn1c(SCC(=O)Nc2ccccc2NC2CCN(C)CC2)nnc1-c1ccccc1C. The van der Waals surface area contributed by atoms with Gasteiger partial charge in [-0.25, -0.2) is 0 Å². The minimum atomic E-state index is -0.0549. The van der Waals surface area contributed by atoms with E-state index in [-0.39, 0.29) is 11.7 Å². The monoisotopic (exact) mass is 464 g/mol. The molecule has 0 aliphatic carbocycles. The fraction of sp³-hybridized carbons (Fsp3) is 0.400. The number of benzene rings is 2. The predicted octanol–water partition coefficient (Wildman–Crippen LogP) is 4.51. The first kappa shape index (κ1) is 23.3. The van der Waals surface area contributed by atoms with Crippen molar-refractivity contribution in [3.05, 3.63) is 54.1 Å². The number of thioether (sulfide) groups is 1. The van der Waals surface area contributed by atoms with Gasteiger partial charge in [0.25, 0.3) is 0 Å². The van der Waals surface area contributed by atoms with E-state index in [1.165, 1.54) is 11.8 Å². The second kappa shape index (κ2) is 10.9. The Balaban J connectivity index is 1.39. The highest BCUT2D eigenvalue weighted by Crippen LogP contribution is 2.27. The van der Waals surface area contributed by atoms with E-state index in [0.29, 0.717) is 6.04 Å². The minimum Gasteiger partial charge on any atom is -0.381 e. The van der Waals surface area contributed by atoms with Crippen molar-refractivity contribution < 1.29 is 4.79 Å². The lowest BCUT2D eigenvalue weighted by Crippen LogP contribution is -2.36. The van der Waals surface area contributed by atoms with Crippen molar-refractivity contribution in [2.24, 2.45) is 0 Å². The van der Waals surface area contributed by atoms with Gasteiger partial charge < -0.3 is 20.1 Å². The summed E-state index contributed by atoms with van der Waals surface area (Å²) in [6.45, 7) is 7.06. The molecule has 1 fully saturated rings. The Morgan fingerprint density at radius 2 is 1.76 bits per heavy atom. The number of nitrogens with one attached hydrogen (secondary N) is 2. The summed E-state index contributed by atoms with van der Waals surface area (Å²) >= 11 is 1.41. The van der Waals surface area contributed by atoms with Gasteiger partial charge in [-0.1, -0.05) is 48.2 Å². The number of carbonyl (C=O) groups is 1. The number of piperidine rings is 1. The van der Waals surface area contributed by atoms with Crippen LogP contribution in [0.15, 0.2) is 53.7 Å². The Bertz CT molecular complexity index is 1090. The lowest BCUT2D eigenvalue weighted by molar-refractivity contribution is -0.113. The van der Waals surface area contributed by atoms with E-state index in [0.717, 1.165) is 66.0 Å². The van der Waals surface area contributed by atoms with E-state index in [1.807, 2.05) is 36.4 Å². The van der Waals surface area contributed by atoms with Gasteiger partial charge in [-0.15, -0.1) is 10.2 Å². The molecule has 2 aromatic carbocycles. The molecule has 0 saturated carbocycles. The average Bonchev–Trinajstić information content (AvgIpc) is 3.23. The summed E-state index contributed by atoms with van der Waals surface area (Å²) in [5.74, 6) is 1.06. The highest BCUT2D eigenvalue weighted by atomic mass is 32.2. The first-order valence-electron chi connectivity index (χ1n) is 11.5. The maximum atomic E-state index is 12.8. The quantitative estimate of drug-likeness (QED) is 0.478. The standard InChI is InChI=1S/C25H32N6OS/c1-4-31-24(20-10-6-5-9-18(20)2)28-29-25(31)33-17-23(32)27-22-12-8-7-11-21(22)26-19-13-15-30(3)16-14-19/h5-12,19,26H,4,13-17H2,1-3H3,(H,27,32). The van der Waals surface area contributed by atoms with Crippen LogP contribution >= 0.6 is 11.8 Å². The first-order valence-corrected chi connectivity index (χ1v) is 12.5. The van der Waals surface area contributed by atoms with E-state index in [1.54, 1.807) is 0 Å². The van der Waals surface area contributed by atoms with Gasteiger partial charge in [0.05, 0.1) is 17.1 Å². The Kier molecular flexibility index (Phi) is 7.67. The molecule has 4 rings (SSSR count). The summed E-state index contributed by atoms with van der Waals surface area (Å²) < 4.78 is 2.07. The number of rotatable bonds is 8. The topological polar surface area (TPSA) is 75.1 Å². The zero-order valence-electron chi connectivity index (χ0n) is 19.5. The number of aromatic nitrogens is 3. The third-order valence-corrected chi connectivity index (χ3v) is 7.00. The number of carbonyl (C=O) groups excluding carboxylic acids is 1. The molecule has 174 valence electrons. The number of amides is 1. The number of anilines is 2. The van der Waals surface area contributed by atoms with Crippen LogP contribution in [-0.2, 0) is 11.3 Å². The molecule has 0 atom stereocenters. The number of likely N-dealkylation sites (tertiary alicyclic amines) is 1. The van der Waals surface area contributed by atoms with Gasteiger partial charge >= 0.3 is 0 Å². The van der Waals surface area contributed by atoms with Crippen LogP contribution in [0.25, 0.3) is 11.4 Å². The molecule has 1 saturated heterocycles. The first-order chi connectivity index (χ1) is 16.0. The summed E-state index contributed by atoms with van der Waals surface area (Å²) in [5.41, 5.74) is 4.02.